The fourth-order valence-corrected chi connectivity index (χ4v) is 6.29. The minimum absolute atomic E-state index is 0.158. The van der Waals surface area contributed by atoms with E-state index in [1.165, 1.54) is 16.3 Å². The summed E-state index contributed by atoms with van der Waals surface area (Å²) in [7, 11) is 0. The van der Waals surface area contributed by atoms with Crippen LogP contribution < -0.4 is 10.1 Å². The van der Waals surface area contributed by atoms with Crippen molar-refractivity contribution in [2.24, 2.45) is 0 Å². The molecule has 2 aromatic heterocycles. The maximum absolute atomic E-state index is 14.7. The zero-order chi connectivity index (χ0) is 26.2. The number of para-hydroxylation sites is 1. The van der Waals surface area contributed by atoms with Gasteiger partial charge < -0.3 is 19.9 Å². The Hall–Kier alpha value is -3.45. The summed E-state index contributed by atoms with van der Waals surface area (Å²) >= 11 is 0. The summed E-state index contributed by atoms with van der Waals surface area (Å²) in [4.78, 5) is 22.7. The number of nitrogens with one attached hydrogen (secondary N) is 2. The average Bonchev–Trinajstić information content (AvgIpc) is 3.31. The monoisotopic (exact) mass is 514 g/mol. The van der Waals surface area contributed by atoms with Crippen LogP contribution in [-0.2, 0) is 17.6 Å². The summed E-state index contributed by atoms with van der Waals surface area (Å²) < 4.78 is 20.1. The number of aromatic amines is 1. The van der Waals surface area contributed by atoms with Crippen molar-refractivity contribution in [3.05, 3.63) is 70.8 Å². The van der Waals surface area contributed by atoms with Gasteiger partial charge >= 0.3 is 0 Å². The highest BCUT2D eigenvalue weighted by Gasteiger charge is 2.30. The van der Waals surface area contributed by atoms with Gasteiger partial charge in [0.15, 0.2) is 11.6 Å². The van der Waals surface area contributed by atoms with Crippen LogP contribution in [0.4, 0.5) is 4.39 Å². The maximum Gasteiger partial charge on any atom is 0.219 e. The van der Waals surface area contributed by atoms with Crippen molar-refractivity contribution in [2.45, 2.75) is 64.5 Å². The highest BCUT2D eigenvalue weighted by atomic mass is 19.1. The smallest absolute Gasteiger partial charge is 0.219 e. The SMILES string of the molecule is CCOc1ccc(Cc2nc3c(c4c2[nH]c2ccccc24)CCCC3NC2CCN(C(C)=O)CC2)cc1F. The molecule has 3 heterocycles. The zero-order valence-electron chi connectivity index (χ0n) is 22.1. The number of hydrogen-bond donors (Lipinski definition) is 2. The van der Waals surface area contributed by atoms with E-state index in [9.17, 15) is 9.18 Å². The minimum atomic E-state index is -0.341. The molecule has 0 saturated carbocycles. The Kier molecular flexibility index (Phi) is 6.78. The van der Waals surface area contributed by atoms with Gasteiger partial charge in [-0.05, 0) is 68.4 Å². The number of H-pyrrole nitrogens is 1. The Morgan fingerprint density at radius 2 is 2.00 bits per heavy atom. The number of benzene rings is 2. The number of amides is 1. The molecule has 2 aliphatic rings. The third-order valence-electron chi connectivity index (χ3n) is 8.16. The fourth-order valence-electron chi connectivity index (χ4n) is 6.29. The van der Waals surface area contributed by atoms with Crippen molar-refractivity contribution < 1.29 is 13.9 Å². The van der Waals surface area contributed by atoms with E-state index in [1.54, 1.807) is 19.1 Å². The Bertz CT molecular complexity index is 1490. The van der Waals surface area contributed by atoms with Crippen molar-refractivity contribution in [2.75, 3.05) is 19.7 Å². The number of piperidine rings is 1. The third kappa shape index (κ3) is 4.64. The first kappa shape index (κ1) is 24.9. The van der Waals surface area contributed by atoms with Crippen LogP contribution in [0.2, 0.25) is 0 Å². The summed E-state index contributed by atoms with van der Waals surface area (Å²) in [6.07, 6.45) is 5.59. The molecule has 38 heavy (non-hydrogen) atoms. The molecule has 1 aliphatic heterocycles. The summed E-state index contributed by atoms with van der Waals surface area (Å²) in [5.74, 6) is 0.0994. The van der Waals surface area contributed by atoms with Gasteiger partial charge in [0.1, 0.15) is 0 Å². The molecule has 0 bridgehead atoms. The predicted octanol–water partition coefficient (Wildman–Crippen LogP) is 5.82. The number of pyridine rings is 1. The van der Waals surface area contributed by atoms with Gasteiger partial charge in [0.25, 0.3) is 0 Å². The largest absolute Gasteiger partial charge is 0.491 e. The summed E-state index contributed by atoms with van der Waals surface area (Å²) in [6.45, 7) is 5.54. The number of aromatic nitrogens is 2. The van der Waals surface area contributed by atoms with Crippen LogP contribution in [0.3, 0.4) is 0 Å². The molecular formula is C31H35FN4O2. The number of halogens is 1. The molecule has 198 valence electrons. The second-order valence-electron chi connectivity index (χ2n) is 10.6. The molecule has 6 rings (SSSR count). The van der Waals surface area contributed by atoms with Crippen molar-refractivity contribution in [1.29, 1.82) is 0 Å². The molecule has 0 spiro atoms. The first-order valence-electron chi connectivity index (χ1n) is 13.9. The van der Waals surface area contributed by atoms with Crippen LogP contribution in [0.15, 0.2) is 42.5 Å². The summed E-state index contributed by atoms with van der Waals surface area (Å²) in [5.41, 5.74) is 6.42. The zero-order valence-corrected chi connectivity index (χ0v) is 22.1. The first-order valence-corrected chi connectivity index (χ1v) is 13.9. The lowest BCUT2D eigenvalue weighted by molar-refractivity contribution is -0.129. The van der Waals surface area contributed by atoms with E-state index in [0.29, 0.717) is 19.1 Å². The van der Waals surface area contributed by atoms with Gasteiger partial charge in [0.05, 0.1) is 29.6 Å². The van der Waals surface area contributed by atoms with E-state index < -0.39 is 0 Å². The number of ether oxygens (including phenoxy) is 1. The van der Waals surface area contributed by atoms with Crippen LogP contribution in [-0.4, -0.2) is 46.5 Å². The molecule has 1 amide bonds. The van der Waals surface area contributed by atoms with Crippen LogP contribution >= 0.6 is 0 Å². The van der Waals surface area contributed by atoms with E-state index >= 15 is 0 Å². The quantitative estimate of drug-likeness (QED) is 0.340. The average molecular weight is 515 g/mol. The molecule has 4 aromatic rings. The van der Waals surface area contributed by atoms with Crippen molar-refractivity contribution in [3.63, 3.8) is 0 Å². The highest BCUT2D eigenvalue weighted by Crippen LogP contribution is 2.39. The lowest BCUT2D eigenvalue weighted by Crippen LogP contribution is -2.45. The number of rotatable bonds is 6. The first-order chi connectivity index (χ1) is 18.5. The second kappa shape index (κ2) is 10.4. The number of hydrogen-bond acceptors (Lipinski definition) is 4. The van der Waals surface area contributed by atoms with Gasteiger partial charge in [0, 0.05) is 48.8 Å². The van der Waals surface area contributed by atoms with Crippen LogP contribution in [0.5, 0.6) is 5.75 Å². The minimum Gasteiger partial charge on any atom is -0.491 e. The molecular weight excluding hydrogens is 479 g/mol. The summed E-state index contributed by atoms with van der Waals surface area (Å²) in [6, 6.07) is 14.2. The third-order valence-corrected chi connectivity index (χ3v) is 8.16. The van der Waals surface area contributed by atoms with Crippen molar-refractivity contribution in [3.8, 4) is 5.75 Å². The Morgan fingerprint density at radius 1 is 1.18 bits per heavy atom. The Morgan fingerprint density at radius 3 is 2.76 bits per heavy atom. The molecule has 1 unspecified atom stereocenters. The lowest BCUT2D eigenvalue weighted by Gasteiger charge is -2.36. The fraction of sp³-hybridized carbons (Fsp3) is 0.419. The van der Waals surface area contributed by atoms with Gasteiger partial charge in [-0.25, -0.2) is 4.39 Å². The molecule has 7 heteroatoms. The van der Waals surface area contributed by atoms with E-state index in [-0.39, 0.29) is 23.5 Å². The normalized spacial score (nSPS) is 18.2. The molecule has 1 atom stereocenters. The predicted molar refractivity (Wildman–Crippen MR) is 148 cm³/mol. The maximum atomic E-state index is 14.7. The molecule has 2 N–H and O–H groups in total. The summed E-state index contributed by atoms with van der Waals surface area (Å²) in [5, 5.41) is 6.39. The second-order valence-corrected chi connectivity index (χ2v) is 10.6. The molecule has 2 aromatic carbocycles. The van der Waals surface area contributed by atoms with Gasteiger partial charge in [-0.1, -0.05) is 24.3 Å². The van der Waals surface area contributed by atoms with Crippen molar-refractivity contribution in [1.82, 2.24) is 20.2 Å². The highest BCUT2D eigenvalue weighted by molar-refractivity contribution is 6.10. The topological polar surface area (TPSA) is 70.2 Å². The molecule has 0 radical (unpaired) electrons. The standard InChI is InChI=1S/C31H35FN4O2/c1-3-38-28-12-11-20(17-24(28)32)18-27-31-29(22-7-4-5-9-25(22)34-31)23-8-6-10-26(30(23)35-27)33-21-13-15-36(16-14-21)19(2)37/h4-5,7,9,11-12,17,21,26,33-34H,3,6,8,10,13-16,18H2,1-2H3. The molecule has 6 nitrogen and oxygen atoms in total. The molecule has 1 saturated heterocycles. The molecule has 1 fully saturated rings. The number of carbonyl (C=O) groups is 1. The van der Waals surface area contributed by atoms with E-state index in [2.05, 4.69) is 34.6 Å². The van der Waals surface area contributed by atoms with Crippen LogP contribution in [0, 0.1) is 5.82 Å². The van der Waals surface area contributed by atoms with Gasteiger partial charge in [-0.2, -0.15) is 0 Å². The van der Waals surface area contributed by atoms with Crippen LogP contribution in [0.25, 0.3) is 21.8 Å². The number of fused-ring (bicyclic) bond motifs is 5. The van der Waals surface area contributed by atoms with Crippen molar-refractivity contribution >= 4 is 27.7 Å². The molecule has 1 aliphatic carbocycles. The van der Waals surface area contributed by atoms with E-state index in [1.807, 2.05) is 17.9 Å². The Balaban J connectivity index is 1.39. The number of aryl methyl sites for hydroxylation is 1. The lowest BCUT2D eigenvalue weighted by atomic mass is 9.87. The van der Waals surface area contributed by atoms with Gasteiger partial charge in [-0.3, -0.25) is 9.78 Å². The van der Waals surface area contributed by atoms with E-state index in [0.717, 1.165) is 73.2 Å². The van der Waals surface area contributed by atoms with Crippen LogP contribution in [0.1, 0.15) is 68.1 Å². The number of likely N-dealkylation sites (tertiary alicyclic amines) is 1. The number of carbonyl (C=O) groups excluding carboxylic acids is 1. The Labute approximate surface area is 222 Å². The van der Waals surface area contributed by atoms with E-state index in [4.69, 9.17) is 9.72 Å². The van der Waals surface area contributed by atoms with Gasteiger partial charge in [0.2, 0.25) is 5.91 Å². The number of nitrogens with zero attached hydrogens (tertiary/aromatic N) is 2. The van der Waals surface area contributed by atoms with Gasteiger partial charge in [-0.15, -0.1) is 0 Å².